The van der Waals surface area contributed by atoms with Gasteiger partial charge in [-0.25, -0.2) is 5.84 Å². The van der Waals surface area contributed by atoms with E-state index in [9.17, 15) is 4.79 Å². The number of thioether (sulfide) groups is 1. The molecule has 6 heteroatoms. The van der Waals surface area contributed by atoms with Gasteiger partial charge < -0.3 is 5.11 Å². The van der Waals surface area contributed by atoms with Gasteiger partial charge in [-0.3, -0.25) is 10.2 Å². The molecule has 0 aliphatic rings. The lowest BCUT2D eigenvalue weighted by Crippen LogP contribution is -2.29. The highest BCUT2D eigenvalue weighted by molar-refractivity contribution is 7.99. The number of carbonyl (C=O) groups excluding carboxylic acids is 1. The predicted molar refractivity (Wildman–Crippen MR) is 81.3 cm³/mol. The lowest BCUT2D eigenvalue weighted by Gasteiger charge is -2.08. The Labute approximate surface area is 120 Å². The molecular formula is C13H16N2O2S2. The molecular weight excluding hydrogens is 280 g/mol. The van der Waals surface area contributed by atoms with Crippen LogP contribution in [0.3, 0.4) is 0 Å². The van der Waals surface area contributed by atoms with Crippen LogP contribution in [0.4, 0.5) is 0 Å². The second-order valence-electron chi connectivity index (χ2n) is 4.18. The monoisotopic (exact) mass is 296 g/mol. The van der Waals surface area contributed by atoms with Crippen molar-refractivity contribution in [1.82, 2.24) is 5.43 Å². The molecule has 0 saturated carbocycles. The SMILES string of the molecule is CC(CO)SCc1c(C(=O)NN)sc2ccccc12. The van der Waals surface area contributed by atoms with Crippen LogP contribution in [0.25, 0.3) is 10.1 Å². The van der Waals surface area contributed by atoms with Crippen LogP contribution >= 0.6 is 23.1 Å². The summed E-state index contributed by atoms with van der Waals surface area (Å²) in [4.78, 5) is 12.5. The molecule has 19 heavy (non-hydrogen) atoms. The molecule has 0 bridgehead atoms. The Morgan fingerprint density at radius 2 is 2.26 bits per heavy atom. The number of aliphatic hydroxyl groups is 1. The number of carbonyl (C=O) groups is 1. The van der Waals surface area contributed by atoms with Crippen LogP contribution in [0.2, 0.25) is 0 Å². The van der Waals surface area contributed by atoms with E-state index in [1.807, 2.05) is 31.2 Å². The van der Waals surface area contributed by atoms with Gasteiger partial charge in [0.15, 0.2) is 0 Å². The van der Waals surface area contributed by atoms with E-state index in [0.29, 0.717) is 10.6 Å². The Bertz CT molecular complexity index is 583. The number of rotatable bonds is 5. The normalized spacial score (nSPS) is 12.6. The first-order valence-electron chi connectivity index (χ1n) is 5.91. The lowest BCUT2D eigenvalue weighted by atomic mass is 10.1. The van der Waals surface area contributed by atoms with Crippen molar-refractivity contribution in [2.24, 2.45) is 5.84 Å². The van der Waals surface area contributed by atoms with Crippen molar-refractivity contribution in [2.75, 3.05) is 6.61 Å². The van der Waals surface area contributed by atoms with E-state index >= 15 is 0 Å². The maximum absolute atomic E-state index is 11.8. The molecule has 4 nitrogen and oxygen atoms in total. The summed E-state index contributed by atoms with van der Waals surface area (Å²) in [6.45, 7) is 2.09. The number of aliphatic hydroxyl groups excluding tert-OH is 1. The molecule has 0 fully saturated rings. The summed E-state index contributed by atoms with van der Waals surface area (Å²) in [6.07, 6.45) is 0. The van der Waals surface area contributed by atoms with Crippen LogP contribution in [-0.2, 0) is 5.75 Å². The van der Waals surface area contributed by atoms with E-state index in [0.717, 1.165) is 15.6 Å². The van der Waals surface area contributed by atoms with Crippen molar-refractivity contribution in [3.63, 3.8) is 0 Å². The zero-order valence-electron chi connectivity index (χ0n) is 10.6. The van der Waals surface area contributed by atoms with Crippen molar-refractivity contribution < 1.29 is 9.90 Å². The zero-order valence-corrected chi connectivity index (χ0v) is 12.2. The minimum Gasteiger partial charge on any atom is -0.395 e. The minimum atomic E-state index is -0.256. The average molecular weight is 296 g/mol. The molecule has 0 spiro atoms. The molecule has 2 rings (SSSR count). The van der Waals surface area contributed by atoms with Gasteiger partial charge in [-0.1, -0.05) is 25.1 Å². The number of hydrazine groups is 1. The highest BCUT2D eigenvalue weighted by atomic mass is 32.2. The molecule has 1 aromatic carbocycles. The summed E-state index contributed by atoms with van der Waals surface area (Å²) < 4.78 is 1.08. The quantitative estimate of drug-likeness (QED) is 0.449. The highest BCUT2D eigenvalue weighted by Gasteiger charge is 2.18. The maximum atomic E-state index is 11.8. The molecule has 102 valence electrons. The van der Waals surface area contributed by atoms with Crippen LogP contribution in [-0.4, -0.2) is 22.9 Å². The van der Waals surface area contributed by atoms with Crippen LogP contribution in [0.1, 0.15) is 22.2 Å². The van der Waals surface area contributed by atoms with Gasteiger partial charge in [0.25, 0.3) is 5.91 Å². The second-order valence-corrected chi connectivity index (χ2v) is 6.66. The Morgan fingerprint density at radius 3 is 2.95 bits per heavy atom. The molecule has 1 heterocycles. The van der Waals surface area contributed by atoms with Crippen LogP contribution in [0.15, 0.2) is 24.3 Å². The largest absolute Gasteiger partial charge is 0.395 e. The average Bonchev–Trinajstić information content (AvgIpc) is 2.82. The van der Waals surface area contributed by atoms with Crippen LogP contribution < -0.4 is 11.3 Å². The van der Waals surface area contributed by atoms with Crippen molar-refractivity contribution in [3.8, 4) is 0 Å². The summed E-state index contributed by atoms with van der Waals surface area (Å²) in [7, 11) is 0. The fourth-order valence-electron chi connectivity index (χ4n) is 1.77. The molecule has 2 aromatic rings. The Morgan fingerprint density at radius 1 is 1.53 bits per heavy atom. The minimum absolute atomic E-state index is 0.130. The third kappa shape index (κ3) is 3.09. The fourth-order valence-corrected chi connectivity index (χ4v) is 3.84. The van der Waals surface area contributed by atoms with E-state index in [2.05, 4.69) is 5.43 Å². The molecule has 0 aliphatic heterocycles. The Kier molecular flexibility index (Phi) is 4.81. The number of nitrogens with two attached hydrogens (primary N) is 1. The van der Waals surface area contributed by atoms with Gasteiger partial charge in [-0.05, 0) is 17.0 Å². The Hall–Kier alpha value is -1.08. The molecule has 4 N–H and O–H groups in total. The number of hydrogen-bond acceptors (Lipinski definition) is 5. The molecule has 1 unspecified atom stereocenters. The summed E-state index contributed by atoms with van der Waals surface area (Å²) in [5, 5.41) is 10.3. The van der Waals surface area contributed by atoms with E-state index in [-0.39, 0.29) is 17.8 Å². The number of fused-ring (bicyclic) bond motifs is 1. The van der Waals surface area contributed by atoms with Gasteiger partial charge in [-0.2, -0.15) is 11.8 Å². The van der Waals surface area contributed by atoms with Gasteiger partial charge >= 0.3 is 0 Å². The van der Waals surface area contributed by atoms with Crippen molar-refractivity contribution in [1.29, 1.82) is 0 Å². The molecule has 1 aromatic heterocycles. The summed E-state index contributed by atoms with van der Waals surface area (Å²) >= 11 is 3.07. The summed E-state index contributed by atoms with van der Waals surface area (Å²) in [5.41, 5.74) is 3.19. The highest BCUT2D eigenvalue weighted by Crippen LogP contribution is 2.34. The van der Waals surface area contributed by atoms with Gasteiger partial charge in [0, 0.05) is 15.7 Å². The number of benzene rings is 1. The van der Waals surface area contributed by atoms with Crippen molar-refractivity contribution in [3.05, 3.63) is 34.7 Å². The third-order valence-corrected chi connectivity index (χ3v) is 5.19. The zero-order chi connectivity index (χ0) is 13.8. The van der Waals surface area contributed by atoms with Gasteiger partial charge in [0.1, 0.15) is 0 Å². The van der Waals surface area contributed by atoms with Gasteiger partial charge in [0.2, 0.25) is 0 Å². The first-order valence-corrected chi connectivity index (χ1v) is 7.77. The second kappa shape index (κ2) is 6.38. The van der Waals surface area contributed by atoms with Crippen LogP contribution in [0, 0.1) is 0 Å². The number of nitrogens with one attached hydrogen (secondary N) is 1. The van der Waals surface area contributed by atoms with E-state index < -0.39 is 0 Å². The maximum Gasteiger partial charge on any atom is 0.275 e. The van der Waals surface area contributed by atoms with Crippen molar-refractivity contribution >= 4 is 39.1 Å². The first kappa shape index (κ1) is 14.3. The number of thiophene rings is 1. The van der Waals surface area contributed by atoms with E-state index in [1.54, 1.807) is 11.8 Å². The molecule has 1 atom stereocenters. The van der Waals surface area contributed by atoms with E-state index in [1.165, 1.54) is 11.3 Å². The standard InChI is InChI=1S/C13H16N2O2S2/c1-8(6-16)18-7-10-9-4-2-3-5-11(9)19-12(10)13(17)15-14/h2-5,8,16H,6-7,14H2,1H3,(H,15,17). The molecule has 0 radical (unpaired) electrons. The van der Waals surface area contributed by atoms with Crippen LogP contribution in [0.5, 0.6) is 0 Å². The number of amides is 1. The first-order chi connectivity index (χ1) is 9.17. The molecule has 0 saturated heterocycles. The third-order valence-electron chi connectivity index (χ3n) is 2.80. The summed E-state index contributed by atoms with van der Waals surface area (Å²) in [5.74, 6) is 5.67. The Balaban J connectivity index is 2.39. The summed E-state index contributed by atoms with van der Waals surface area (Å²) in [6, 6.07) is 7.93. The lowest BCUT2D eigenvalue weighted by molar-refractivity contribution is 0.0957. The fraction of sp³-hybridized carbons (Fsp3) is 0.308. The molecule has 0 aliphatic carbocycles. The number of nitrogen functional groups attached to an aromatic ring is 1. The van der Waals surface area contributed by atoms with Gasteiger partial charge in [-0.15, -0.1) is 11.3 Å². The van der Waals surface area contributed by atoms with E-state index in [4.69, 9.17) is 10.9 Å². The predicted octanol–water partition coefficient (Wildman–Crippen LogP) is 2.12. The molecule has 1 amide bonds. The van der Waals surface area contributed by atoms with Crippen molar-refractivity contribution in [2.45, 2.75) is 17.9 Å². The smallest absolute Gasteiger partial charge is 0.275 e. The number of hydrogen-bond donors (Lipinski definition) is 3. The topological polar surface area (TPSA) is 75.3 Å². The van der Waals surface area contributed by atoms with Gasteiger partial charge in [0.05, 0.1) is 11.5 Å².